The van der Waals surface area contributed by atoms with Crippen LogP contribution in [0.25, 0.3) is 0 Å². The van der Waals surface area contributed by atoms with Crippen molar-refractivity contribution in [3.05, 3.63) is 24.3 Å². The van der Waals surface area contributed by atoms with Gasteiger partial charge in [0.25, 0.3) is 0 Å². The molecule has 0 spiro atoms. The Labute approximate surface area is 128 Å². The van der Waals surface area contributed by atoms with Gasteiger partial charge < -0.3 is 19.9 Å². The van der Waals surface area contributed by atoms with E-state index < -0.39 is 0 Å². The van der Waals surface area contributed by atoms with E-state index in [0.717, 1.165) is 37.3 Å². The Morgan fingerprint density at radius 1 is 1.14 bits per heavy atom. The van der Waals surface area contributed by atoms with E-state index in [2.05, 4.69) is 19.2 Å². The van der Waals surface area contributed by atoms with Crippen LogP contribution in [0.4, 0.5) is 0 Å². The molecule has 1 atom stereocenters. The van der Waals surface area contributed by atoms with E-state index in [-0.39, 0.29) is 12.1 Å². The van der Waals surface area contributed by atoms with E-state index in [1.807, 2.05) is 31.2 Å². The summed E-state index contributed by atoms with van der Waals surface area (Å²) in [6.07, 6.45) is 2.94. The van der Waals surface area contributed by atoms with Crippen molar-refractivity contribution in [3.8, 4) is 11.5 Å². The number of rotatable bonds is 11. The van der Waals surface area contributed by atoms with Gasteiger partial charge in [-0.3, -0.25) is 0 Å². The standard InChI is InChI=1S/C17H29NO3/c1-4-18-17(3,14-19)11-6-7-12-21-16-10-8-9-15(13-16)20-5-2/h8-10,13,18-19H,4-7,11-12,14H2,1-3H3. The fraction of sp³-hybridized carbons (Fsp3) is 0.647. The van der Waals surface area contributed by atoms with Gasteiger partial charge in [-0.25, -0.2) is 0 Å². The molecule has 1 rings (SSSR count). The molecule has 0 aliphatic carbocycles. The second kappa shape index (κ2) is 9.64. The molecule has 0 heterocycles. The quantitative estimate of drug-likeness (QED) is 0.616. The molecule has 0 bridgehead atoms. The summed E-state index contributed by atoms with van der Waals surface area (Å²) in [5.41, 5.74) is -0.177. The average molecular weight is 295 g/mol. The number of unbranched alkanes of at least 4 members (excludes halogenated alkanes) is 1. The van der Waals surface area contributed by atoms with Crippen LogP contribution in [0.3, 0.4) is 0 Å². The molecule has 0 radical (unpaired) electrons. The first kappa shape index (κ1) is 17.8. The predicted octanol–water partition coefficient (Wildman–Crippen LogP) is 2.99. The number of aliphatic hydroxyl groups excluding tert-OH is 1. The van der Waals surface area contributed by atoms with Gasteiger partial charge in [0.05, 0.1) is 19.8 Å². The molecule has 0 aliphatic rings. The van der Waals surface area contributed by atoms with Crippen molar-refractivity contribution in [1.29, 1.82) is 0 Å². The number of aliphatic hydroxyl groups is 1. The summed E-state index contributed by atoms with van der Waals surface area (Å²) in [5.74, 6) is 1.69. The molecule has 0 saturated heterocycles. The Balaban J connectivity index is 2.26. The average Bonchev–Trinajstić information content (AvgIpc) is 2.48. The summed E-state index contributed by atoms with van der Waals surface area (Å²) in [4.78, 5) is 0. The lowest BCUT2D eigenvalue weighted by Gasteiger charge is -2.28. The van der Waals surface area contributed by atoms with Crippen LogP contribution in [0.1, 0.15) is 40.0 Å². The first-order valence-electron chi connectivity index (χ1n) is 7.85. The van der Waals surface area contributed by atoms with Gasteiger partial charge in [0, 0.05) is 11.6 Å². The molecule has 120 valence electrons. The van der Waals surface area contributed by atoms with Crippen LogP contribution in [0, 0.1) is 0 Å². The van der Waals surface area contributed by atoms with Gasteiger partial charge >= 0.3 is 0 Å². The maximum absolute atomic E-state index is 9.42. The number of nitrogens with one attached hydrogen (secondary N) is 1. The van der Waals surface area contributed by atoms with Crippen molar-refractivity contribution in [1.82, 2.24) is 5.32 Å². The number of benzene rings is 1. The predicted molar refractivity (Wildman–Crippen MR) is 86.1 cm³/mol. The molecular formula is C17H29NO3. The molecule has 21 heavy (non-hydrogen) atoms. The fourth-order valence-electron chi connectivity index (χ4n) is 2.28. The SMILES string of the molecule is CCNC(C)(CO)CCCCOc1cccc(OCC)c1. The molecule has 0 aliphatic heterocycles. The third-order valence-corrected chi connectivity index (χ3v) is 3.46. The van der Waals surface area contributed by atoms with Crippen molar-refractivity contribution >= 4 is 0 Å². The largest absolute Gasteiger partial charge is 0.494 e. The molecule has 1 aromatic rings. The second-order valence-electron chi connectivity index (χ2n) is 5.46. The van der Waals surface area contributed by atoms with E-state index >= 15 is 0 Å². The van der Waals surface area contributed by atoms with Crippen molar-refractivity contribution in [2.24, 2.45) is 0 Å². The number of hydrogen-bond donors (Lipinski definition) is 2. The number of likely N-dealkylation sites (N-methyl/N-ethyl adjacent to an activating group) is 1. The second-order valence-corrected chi connectivity index (χ2v) is 5.46. The Kier molecular flexibility index (Phi) is 8.16. The zero-order valence-electron chi connectivity index (χ0n) is 13.5. The third kappa shape index (κ3) is 6.82. The maximum Gasteiger partial charge on any atom is 0.122 e. The minimum atomic E-state index is -0.177. The summed E-state index contributed by atoms with van der Waals surface area (Å²) >= 11 is 0. The van der Waals surface area contributed by atoms with E-state index in [9.17, 15) is 5.11 Å². The molecule has 1 unspecified atom stereocenters. The molecule has 1 aromatic carbocycles. The van der Waals surface area contributed by atoms with Gasteiger partial charge in [0.1, 0.15) is 11.5 Å². The molecule has 2 N–H and O–H groups in total. The van der Waals surface area contributed by atoms with Crippen molar-refractivity contribution in [2.75, 3.05) is 26.4 Å². The smallest absolute Gasteiger partial charge is 0.122 e. The Bertz CT molecular complexity index is 397. The first-order chi connectivity index (χ1) is 10.1. The summed E-state index contributed by atoms with van der Waals surface area (Å²) in [5, 5.41) is 12.8. The highest BCUT2D eigenvalue weighted by molar-refractivity contribution is 5.32. The molecule has 4 nitrogen and oxygen atoms in total. The Morgan fingerprint density at radius 3 is 2.48 bits per heavy atom. The summed E-state index contributed by atoms with van der Waals surface area (Å²) in [6, 6.07) is 7.73. The monoisotopic (exact) mass is 295 g/mol. The molecule has 4 heteroatoms. The lowest BCUT2D eigenvalue weighted by Crippen LogP contribution is -2.45. The third-order valence-electron chi connectivity index (χ3n) is 3.46. The molecule has 0 fully saturated rings. The topological polar surface area (TPSA) is 50.7 Å². The minimum Gasteiger partial charge on any atom is -0.494 e. The van der Waals surface area contributed by atoms with Crippen molar-refractivity contribution < 1.29 is 14.6 Å². The highest BCUT2D eigenvalue weighted by Gasteiger charge is 2.20. The van der Waals surface area contributed by atoms with Gasteiger partial charge in [0.2, 0.25) is 0 Å². The van der Waals surface area contributed by atoms with Crippen LogP contribution in [0.2, 0.25) is 0 Å². The Morgan fingerprint density at radius 2 is 1.86 bits per heavy atom. The first-order valence-corrected chi connectivity index (χ1v) is 7.85. The summed E-state index contributed by atoms with van der Waals surface area (Å²) in [6.45, 7) is 8.47. The van der Waals surface area contributed by atoms with Crippen LogP contribution in [0.5, 0.6) is 11.5 Å². The summed E-state index contributed by atoms with van der Waals surface area (Å²) < 4.78 is 11.2. The number of ether oxygens (including phenoxy) is 2. The molecule has 0 saturated carbocycles. The van der Waals surface area contributed by atoms with Crippen LogP contribution < -0.4 is 14.8 Å². The zero-order chi connectivity index (χ0) is 15.6. The van der Waals surface area contributed by atoms with E-state index in [1.54, 1.807) is 0 Å². The van der Waals surface area contributed by atoms with Gasteiger partial charge in [-0.1, -0.05) is 13.0 Å². The van der Waals surface area contributed by atoms with Crippen LogP contribution in [0.15, 0.2) is 24.3 Å². The molecule has 0 amide bonds. The van der Waals surface area contributed by atoms with E-state index in [1.165, 1.54) is 0 Å². The van der Waals surface area contributed by atoms with Crippen LogP contribution in [-0.4, -0.2) is 37.0 Å². The summed E-state index contributed by atoms with van der Waals surface area (Å²) in [7, 11) is 0. The number of hydrogen-bond acceptors (Lipinski definition) is 4. The lowest BCUT2D eigenvalue weighted by molar-refractivity contribution is 0.162. The maximum atomic E-state index is 9.42. The van der Waals surface area contributed by atoms with Gasteiger partial charge in [-0.2, -0.15) is 0 Å². The zero-order valence-corrected chi connectivity index (χ0v) is 13.5. The fourth-order valence-corrected chi connectivity index (χ4v) is 2.28. The van der Waals surface area contributed by atoms with Crippen LogP contribution >= 0.6 is 0 Å². The highest BCUT2D eigenvalue weighted by atomic mass is 16.5. The van der Waals surface area contributed by atoms with Crippen molar-refractivity contribution in [2.45, 2.75) is 45.6 Å². The van der Waals surface area contributed by atoms with Gasteiger partial charge in [-0.05, 0) is 51.8 Å². The Hall–Kier alpha value is -1.26. The van der Waals surface area contributed by atoms with Gasteiger partial charge in [0.15, 0.2) is 0 Å². The van der Waals surface area contributed by atoms with Gasteiger partial charge in [-0.15, -0.1) is 0 Å². The van der Waals surface area contributed by atoms with E-state index in [0.29, 0.717) is 13.2 Å². The lowest BCUT2D eigenvalue weighted by atomic mass is 9.96. The highest BCUT2D eigenvalue weighted by Crippen LogP contribution is 2.20. The van der Waals surface area contributed by atoms with Crippen molar-refractivity contribution in [3.63, 3.8) is 0 Å². The van der Waals surface area contributed by atoms with Crippen LogP contribution in [-0.2, 0) is 0 Å². The molecular weight excluding hydrogens is 266 g/mol. The molecule has 0 aromatic heterocycles. The minimum absolute atomic E-state index is 0.165. The normalized spacial score (nSPS) is 13.7. The van der Waals surface area contributed by atoms with E-state index in [4.69, 9.17) is 9.47 Å².